The normalized spacial score (nSPS) is 23.0. The molecule has 3 heteroatoms. The van der Waals surface area contributed by atoms with Crippen molar-refractivity contribution in [3.63, 3.8) is 0 Å². The minimum absolute atomic E-state index is 0.472. The van der Waals surface area contributed by atoms with E-state index >= 15 is 0 Å². The van der Waals surface area contributed by atoms with Gasteiger partial charge in [-0.25, -0.2) is 0 Å². The smallest absolute Gasteiger partial charge is 0.119 e. The van der Waals surface area contributed by atoms with Gasteiger partial charge in [0.05, 0.1) is 13.2 Å². The molecule has 2 rings (SSSR count). The molecule has 0 aliphatic heterocycles. The van der Waals surface area contributed by atoms with Gasteiger partial charge in [0.1, 0.15) is 5.75 Å². The molecule has 2 unspecified atom stereocenters. The number of nitrogens with one attached hydrogen (secondary N) is 1. The Hall–Kier alpha value is -1.51. The summed E-state index contributed by atoms with van der Waals surface area (Å²) in [5.41, 5.74) is 3.44. The number of nitrogens with zero attached hydrogens (tertiary/aromatic N) is 1. The predicted octanol–water partition coefficient (Wildman–Crippen LogP) is 4.04. The molecule has 0 aromatic heterocycles. The molecular formula is C17H26N2O. The molecule has 0 saturated heterocycles. The van der Waals surface area contributed by atoms with Gasteiger partial charge in [-0.05, 0) is 43.4 Å². The number of hydrogen-bond acceptors (Lipinski definition) is 3. The van der Waals surface area contributed by atoms with Crippen molar-refractivity contribution in [1.82, 2.24) is 0 Å². The zero-order valence-electron chi connectivity index (χ0n) is 13.1. The second kappa shape index (κ2) is 6.78. The summed E-state index contributed by atoms with van der Waals surface area (Å²) in [7, 11) is 3.66. The van der Waals surface area contributed by atoms with Crippen LogP contribution in [-0.4, -0.2) is 26.4 Å². The zero-order valence-corrected chi connectivity index (χ0v) is 13.1. The van der Waals surface area contributed by atoms with Crippen LogP contribution in [0.25, 0.3) is 0 Å². The summed E-state index contributed by atoms with van der Waals surface area (Å²) in [5, 5.41) is 3.27. The fourth-order valence-electron chi connectivity index (χ4n) is 3.04. The largest absolute Gasteiger partial charge is 0.497 e. The molecule has 1 aliphatic carbocycles. The molecule has 0 spiro atoms. The van der Waals surface area contributed by atoms with E-state index in [1.165, 1.54) is 31.2 Å². The van der Waals surface area contributed by atoms with E-state index in [1.807, 2.05) is 19.3 Å². The van der Waals surface area contributed by atoms with Crippen molar-refractivity contribution in [2.24, 2.45) is 10.9 Å². The first-order chi connectivity index (χ1) is 9.65. The minimum Gasteiger partial charge on any atom is -0.497 e. The standard InChI is InChI=1S/C17H26N2O/c1-12-7-5-6-8-16(12)19-11-14-10-15(20-4)9-13(2)17(14)18-3/h9-12,16,18H,5-8H2,1-4H3. The third-order valence-corrected chi connectivity index (χ3v) is 4.30. The van der Waals surface area contributed by atoms with Crippen LogP contribution < -0.4 is 10.1 Å². The highest BCUT2D eigenvalue weighted by atomic mass is 16.5. The maximum Gasteiger partial charge on any atom is 0.119 e. The van der Waals surface area contributed by atoms with Gasteiger partial charge in [-0.1, -0.05) is 19.8 Å². The Morgan fingerprint density at radius 3 is 2.70 bits per heavy atom. The molecule has 0 bridgehead atoms. The van der Waals surface area contributed by atoms with Crippen LogP contribution in [0.5, 0.6) is 5.75 Å². The lowest BCUT2D eigenvalue weighted by atomic mass is 9.86. The summed E-state index contributed by atoms with van der Waals surface area (Å²) in [6.07, 6.45) is 7.21. The summed E-state index contributed by atoms with van der Waals surface area (Å²) < 4.78 is 5.36. The SMILES string of the molecule is CNc1c(C)cc(OC)cc1C=NC1CCCCC1C. The van der Waals surface area contributed by atoms with Crippen LogP contribution >= 0.6 is 0 Å². The van der Waals surface area contributed by atoms with E-state index in [-0.39, 0.29) is 0 Å². The second-order valence-corrected chi connectivity index (χ2v) is 5.77. The number of hydrogen-bond donors (Lipinski definition) is 1. The highest BCUT2D eigenvalue weighted by Gasteiger charge is 2.19. The van der Waals surface area contributed by atoms with Crippen molar-refractivity contribution in [2.45, 2.75) is 45.6 Å². The van der Waals surface area contributed by atoms with Gasteiger partial charge in [-0.15, -0.1) is 0 Å². The van der Waals surface area contributed by atoms with Crippen molar-refractivity contribution in [1.29, 1.82) is 0 Å². The number of aryl methyl sites for hydroxylation is 1. The number of methoxy groups -OCH3 is 1. The van der Waals surface area contributed by atoms with Crippen LogP contribution in [-0.2, 0) is 0 Å². The molecule has 0 amide bonds. The van der Waals surface area contributed by atoms with Gasteiger partial charge in [0.25, 0.3) is 0 Å². The lowest BCUT2D eigenvalue weighted by Crippen LogP contribution is -2.20. The first-order valence-electron chi connectivity index (χ1n) is 7.55. The average Bonchev–Trinajstić information content (AvgIpc) is 2.46. The molecule has 1 saturated carbocycles. The lowest BCUT2D eigenvalue weighted by Gasteiger charge is -2.25. The first-order valence-corrected chi connectivity index (χ1v) is 7.55. The van der Waals surface area contributed by atoms with E-state index in [0.29, 0.717) is 12.0 Å². The third kappa shape index (κ3) is 3.33. The Kier molecular flexibility index (Phi) is 5.05. The average molecular weight is 274 g/mol. The van der Waals surface area contributed by atoms with Crippen molar-refractivity contribution in [3.05, 3.63) is 23.3 Å². The van der Waals surface area contributed by atoms with E-state index in [2.05, 4.69) is 25.2 Å². The number of rotatable bonds is 4. The second-order valence-electron chi connectivity index (χ2n) is 5.77. The quantitative estimate of drug-likeness (QED) is 0.841. The summed E-state index contributed by atoms with van der Waals surface area (Å²) in [6, 6.07) is 4.57. The maximum atomic E-state index is 5.36. The first kappa shape index (κ1) is 14.9. The topological polar surface area (TPSA) is 33.6 Å². The molecule has 1 fully saturated rings. The van der Waals surface area contributed by atoms with Crippen LogP contribution in [0.1, 0.15) is 43.7 Å². The number of aliphatic imine (C=N–C) groups is 1. The molecule has 1 aromatic rings. The van der Waals surface area contributed by atoms with Crippen molar-refractivity contribution in [2.75, 3.05) is 19.5 Å². The zero-order chi connectivity index (χ0) is 14.5. The Balaban J connectivity index is 2.24. The van der Waals surface area contributed by atoms with Gasteiger partial charge in [0.15, 0.2) is 0 Å². The third-order valence-electron chi connectivity index (χ3n) is 4.30. The summed E-state index contributed by atoms with van der Waals surface area (Å²) >= 11 is 0. The van der Waals surface area contributed by atoms with Crippen LogP contribution in [0.15, 0.2) is 17.1 Å². The molecule has 0 heterocycles. The Bertz CT molecular complexity index is 482. The van der Waals surface area contributed by atoms with E-state index in [9.17, 15) is 0 Å². The minimum atomic E-state index is 0.472. The van der Waals surface area contributed by atoms with Crippen LogP contribution in [0.3, 0.4) is 0 Å². The van der Waals surface area contributed by atoms with E-state index in [4.69, 9.17) is 9.73 Å². The van der Waals surface area contributed by atoms with Crippen molar-refractivity contribution >= 4 is 11.9 Å². The van der Waals surface area contributed by atoms with E-state index < -0.39 is 0 Å². The van der Waals surface area contributed by atoms with Crippen molar-refractivity contribution in [3.8, 4) is 5.75 Å². The molecule has 1 N–H and O–H groups in total. The maximum absolute atomic E-state index is 5.36. The molecule has 1 aliphatic rings. The molecule has 110 valence electrons. The van der Waals surface area contributed by atoms with Gasteiger partial charge in [-0.3, -0.25) is 4.99 Å². The summed E-state index contributed by atoms with van der Waals surface area (Å²) in [4.78, 5) is 4.84. The Morgan fingerprint density at radius 1 is 1.30 bits per heavy atom. The molecule has 3 nitrogen and oxygen atoms in total. The van der Waals surface area contributed by atoms with Crippen LogP contribution in [0, 0.1) is 12.8 Å². The predicted molar refractivity (Wildman–Crippen MR) is 86.3 cm³/mol. The van der Waals surface area contributed by atoms with Gasteiger partial charge >= 0.3 is 0 Å². The van der Waals surface area contributed by atoms with Gasteiger partial charge < -0.3 is 10.1 Å². The lowest BCUT2D eigenvalue weighted by molar-refractivity contribution is 0.333. The van der Waals surface area contributed by atoms with Gasteiger partial charge in [0.2, 0.25) is 0 Å². The highest BCUT2D eigenvalue weighted by Crippen LogP contribution is 2.28. The number of anilines is 1. The highest BCUT2D eigenvalue weighted by molar-refractivity contribution is 5.89. The molecular weight excluding hydrogens is 248 g/mol. The molecule has 1 aromatic carbocycles. The number of benzene rings is 1. The fourth-order valence-corrected chi connectivity index (χ4v) is 3.04. The monoisotopic (exact) mass is 274 g/mol. The van der Waals surface area contributed by atoms with Crippen LogP contribution in [0.2, 0.25) is 0 Å². The molecule has 0 radical (unpaired) electrons. The van der Waals surface area contributed by atoms with Gasteiger partial charge in [0, 0.05) is 24.5 Å². The summed E-state index contributed by atoms with van der Waals surface area (Å²) in [6.45, 7) is 4.41. The fraction of sp³-hybridized carbons (Fsp3) is 0.588. The summed E-state index contributed by atoms with van der Waals surface area (Å²) in [5.74, 6) is 1.59. The Morgan fingerprint density at radius 2 is 2.05 bits per heavy atom. The van der Waals surface area contributed by atoms with Crippen molar-refractivity contribution < 1.29 is 4.74 Å². The molecule has 2 atom stereocenters. The van der Waals surface area contributed by atoms with E-state index in [0.717, 1.165) is 17.0 Å². The Labute approximate surface area is 122 Å². The number of ether oxygens (including phenoxy) is 1. The molecule has 20 heavy (non-hydrogen) atoms. The van der Waals surface area contributed by atoms with E-state index in [1.54, 1.807) is 7.11 Å². The van der Waals surface area contributed by atoms with Crippen LogP contribution in [0.4, 0.5) is 5.69 Å². The van der Waals surface area contributed by atoms with Gasteiger partial charge in [-0.2, -0.15) is 0 Å².